The SMILES string of the molecule is CC.CCCCOC(=O)C(C)NC. The third kappa shape index (κ3) is 9.34. The number of ether oxygens (including phenoxy) is 1. The van der Waals surface area contributed by atoms with Crippen LogP contribution in [0.1, 0.15) is 40.5 Å². The lowest BCUT2D eigenvalue weighted by Crippen LogP contribution is -2.32. The standard InChI is InChI=1S/C8H17NO2.C2H6/c1-4-5-6-11-8(10)7(2)9-3;1-2/h7,9H,4-6H2,1-3H3;1-2H3. The topological polar surface area (TPSA) is 38.3 Å². The molecule has 1 atom stereocenters. The molecular weight excluding hydrogens is 166 g/mol. The molecular formula is C10H23NO2. The number of likely N-dealkylation sites (N-methyl/N-ethyl adjacent to an activating group) is 1. The minimum Gasteiger partial charge on any atom is -0.465 e. The molecule has 80 valence electrons. The third-order valence-electron chi connectivity index (χ3n) is 1.53. The van der Waals surface area contributed by atoms with Crippen molar-refractivity contribution in [2.24, 2.45) is 0 Å². The van der Waals surface area contributed by atoms with Gasteiger partial charge in [-0.25, -0.2) is 0 Å². The predicted octanol–water partition coefficient (Wildman–Crippen LogP) is 1.96. The summed E-state index contributed by atoms with van der Waals surface area (Å²) in [6.45, 7) is 8.39. The van der Waals surface area contributed by atoms with Crippen molar-refractivity contribution in [3.63, 3.8) is 0 Å². The monoisotopic (exact) mass is 189 g/mol. The Hall–Kier alpha value is -0.570. The highest BCUT2D eigenvalue weighted by atomic mass is 16.5. The molecule has 0 bridgehead atoms. The van der Waals surface area contributed by atoms with Gasteiger partial charge in [-0.3, -0.25) is 4.79 Å². The number of esters is 1. The maximum atomic E-state index is 11.0. The van der Waals surface area contributed by atoms with Crippen LogP contribution in [0.15, 0.2) is 0 Å². The molecule has 0 aromatic heterocycles. The molecule has 1 unspecified atom stereocenters. The van der Waals surface area contributed by atoms with Gasteiger partial charge in [-0.2, -0.15) is 0 Å². The second-order valence-electron chi connectivity index (χ2n) is 2.53. The van der Waals surface area contributed by atoms with Crippen molar-refractivity contribution < 1.29 is 9.53 Å². The Labute approximate surface area is 81.9 Å². The Morgan fingerprint density at radius 1 is 1.46 bits per heavy atom. The van der Waals surface area contributed by atoms with Gasteiger partial charge in [0.25, 0.3) is 0 Å². The van der Waals surface area contributed by atoms with Crippen LogP contribution in [0, 0.1) is 0 Å². The van der Waals surface area contributed by atoms with E-state index in [9.17, 15) is 4.79 Å². The Morgan fingerprint density at radius 3 is 2.38 bits per heavy atom. The molecule has 1 N–H and O–H groups in total. The van der Waals surface area contributed by atoms with Crippen molar-refractivity contribution in [1.29, 1.82) is 0 Å². The second kappa shape index (κ2) is 11.4. The van der Waals surface area contributed by atoms with Gasteiger partial charge in [0.1, 0.15) is 6.04 Å². The highest BCUT2D eigenvalue weighted by Crippen LogP contribution is 1.91. The summed E-state index contributed by atoms with van der Waals surface area (Å²) in [7, 11) is 1.74. The molecule has 0 rings (SSSR count). The van der Waals surface area contributed by atoms with E-state index in [-0.39, 0.29) is 12.0 Å². The number of nitrogens with one attached hydrogen (secondary N) is 1. The fraction of sp³-hybridized carbons (Fsp3) is 0.900. The number of hydrogen-bond acceptors (Lipinski definition) is 3. The highest BCUT2D eigenvalue weighted by molar-refractivity contribution is 5.75. The Balaban J connectivity index is 0. The minimum atomic E-state index is -0.188. The third-order valence-corrected chi connectivity index (χ3v) is 1.53. The molecule has 13 heavy (non-hydrogen) atoms. The van der Waals surface area contributed by atoms with Gasteiger partial charge in [-0.1, -0.05) is 27.2 Å². The molecule has 0 fully saturated rings. The first kappa shape index (κ1) is 14.9. The Kier molecular flexibility index (Phi) is 13.1. The normalized spacial score (nSPS) is 11.2. The van der Waals surface area contributed by atoms with Gasteiger partial charge in [-0.15, -0.1) is 0 Å². The van der Waals surface area contributed by atoms with E-state index in [1.54, 1.807) is 14.0 Å². The Morgan fingerprint density at radius 2 is 2.00 bits per heavy atom. The van der Waals surface area contributed by atoms with Crippen LogP contribution in [0.5, 0.6) is 0 Å². The molecule has 0 aromatic carbocycles. The van der Waals surface area contributed by atoms with E-state index in [0.29, 0.717) is 6.61 Å². The van der Waals surface area contributed by atoms with Crippen molar-refractivity contribution >= 4 is 5.97 Å². The van der Waals surface area contributed by atoms with Crippen molar-refractivity contribution in [3.05, 3.63) is 0 Å². The molecule has 0 amide bonds. The number of carbonyl (C=O) groups excluding carboxylic acids is 1. The molecule has 0 heterocycles. The largest absolute Gasteiger partial charge is 0.465 e. The minimum absolute atomic E-state index is 0.166. The van der Waals surface area contributed by atoms with Crippen LogP contribution < -0.4 is 5.32 Å². The van der Waals surface area contributed by atoms with E-state index in [2.05, 4.69) is 12.2 Å². The van der Waals surface area contributed by atoms with E-state index in [4.69, 9.17) is 4.74 Å². The van der Waals surface area contributed by atoms with Crippen LogP contribution in [-0.2, 0) is 9.53 Å². The molecule has 3 heteroatoms. The molecule has 0 saturated carbocycles. The second-order valence-corrected chi connectivity index (χ2v) is 2.53. The van der Waals surface area contributed by atoms with Crippen LogP contribution in [0.2, 0.25) is 0 Å². The summed E-state index contributed by atoms with van der Waals surface area (Å²) in [6.07, 6.45) is 2.00. The van der Waals surface area contributed by atoms with Crippen LogP contribution in [-0.4, -0.2) is 25.7 Å². The zero-order chi connectivity index (χ0) is 10.7. The summed E-state index contributed by atoms with van der Waals surface area (Å²) in [4.78, 5) is 11.0. The maximum Gasteiger partial charge on any atom is 0.322 e. The van der Waals surface area contributed by atoms with Crippen LogP contribution in [0.4, 0.5) is 0 Å². The molecule has 0 aromatic rings. The van der Waals surface area contributed by atoms with Gasteiger partial charge in [-0.05, 0) is 20.4 Å². The van der Waals surface area contributed by atoms with Crippen molar-refractivity contribution in [2.75, 3.05) is 13.7 Å². The molecule has 0 aliphatic carbocycles. The number of hydrogen-bond donors (Lipinski definition) is 1. The fourth-order valence-electron chi connectivity index (χ4n) is 0.560. The van der Waals surface area contributed by atoms with Crippen molar-refractivity contribution in [1.82, 2.24) is 5.32 Å². The van der Waals surface area contributed by atoms with Gasteiger partial charge in [0.2, 0.25) is 0 Å². The van der Waals surface area contributed by atoms with Gasteiger partial charge >= 0.3 is 5.97 Å². The quantitative estimate of drug-likeness (QED) is 0.531. The molecule has 3 nitrogen and oxygen atoms in total. The van der Waals surface area contributed by atoms with E-state index in [1.165, 1.54) is 0 Å². The lowest BCUT2D eigenvalue weighted by molar-refractivity contribution is -0.145. The first-order chi connectivity index (χ1) is 6.22. The first-order valence-corrected chi connectivity index (χ1v) is 5.06. The van der Waals surface area contributed by atoms with Crippen molar-refractivity contribution in [3.8, 4) is 0 Å². The maximum absolute atomic E-state index is 11.0. The molecule has 0 aliphatic heterocycles. The van der Waals surface area contributed by atoms with Crippen LogP contribution >= 0.6 is 0 Å². The lowest BCUT2D eigenvalue weighted by atomic mass is 10.3. The lowest BCUT2D eigenvalue weighted by Gasteiger charge is -2.09. The molecule has 0 radical (unpaired) electrons. The van der Waals surface area contributed by atoms with Crippen LogP contribution in [0.25, 0.3) is 0 Å². The molecule has 0 saturated heterocycles. The molecule has 0 spiro atoms. The predicted molar refractivity (Wildman–Crippen MR) is 55.7 cm³/mol. The average Bonchev–Trinajstić information content (AvgIpc) is 2.20. The van der Waals surface area contributed by atoms with E-state index >= 15 is 0 Å². The summed E-state index contributed by atoms with van der Waals surface area (Å²) >= 11 is 0. The smallest absolute Gasteiger partial charge is 0.322 e. The van der Waals surface area contributed by atoms with Gasteiger partial charge in [0, 0.05) is 0 Å². The first-order valence-electron chi connectivity index (χ1n) is 5.06. The summed E-state index contributed by atoms with van der Waals surface area (Å²) < 4.78 is 4.93. The summed E-state index contributed by atoms with van der Waals surface area (Å²) in [5.41, 5.74) is 0. The van der Waals surface area contributed by atoms with Gasteiger partial charge in [0.15, 0.2) is 0 Å². The Bertz CT molecular complexity index is 115. The summed E-state index contributed by atoms with van der Waals surface area (Å²) in [5, 5.41) is 2.82. The van der Waals surface area contributed by atoms with Crippen molar-refractivity contribution in [2.45, 2.75) is 46.6 Å². The van der Waals surface area contributed by atoms with E-state index in [1.807, 2.05) is 13.8 Å². The highest BCUT2D eigenvalue weighted by Gasteiger charge is 2.10. The fourth-order valence-corrected chi connectivity index (χ4v) is 0.560. The van der Waals surface area contributed by atoms with E-state index in [0.717, 1.165) is 12.8 Å². The van der Waals surface area contributed by atoms with Gasteiger partial charge in [0.05, 0.1) is 6.61 Å². The molecule has 0 aliphatic rings. The average molecular weight is 189 g/mol. The zero-order valence-electron chi connectivity index (χ0n) is 9.52. The number of carbonyl (C=O) groups is 1. The number of rotatable bonds is 5. The zero-order valence-corrected chi connectivity index (χ0v) is 9.52. The van der Waals surface area contributed by atoms with E-state index < -0.39 is 0 Å². The van der Waals surface area contributed by atoms with Gasteiger partial charge < -0.3 is 10.1 Å². The van der Waals surface area contributed by atoms with Crippen LogP contribution in [0.3, 0.4) is 0 Å². The summed E-state index contributed by atoms with van der Waals surface area (Å²) in [5.74, 6) is -0.166. The summed E-state index contributed by atoms with van der Waals surface area (Å²) in [6, 6.07) is -0.188. The number of unbranched alkanes of at least 4 members (excludes halogenated alkanes) is 1.